The average molecular weight is 509 g/mol. The zero-order valence-electron chi connectivity index (χ0n) is 18.4. The summed E-state index contributed by atoms with van der Waals surface area (Å²) in [5.74, 6) is -2.62. The molecule has 0 saturated carbocycles. The maximum Gasteiger partial charge on any atom is 0.417 e. The Hall–Kier alpha value is -2.53. The number of alkyl halides is 3. The van der Waals surface area contributed by atoms with Gasteiger partial charge in [-0.1, -0.05) is 29.9 Å². The lowest BCUT2D eigenvalue weighted by Crippen LogP contribution is -2.49. The lowest BCUT2D eigenvalue weighted by Gasteiger charge is -2.34. The lowest BCUT2D eigenvalue weighted by molar-refractivity contribution is -0.138. The van der Waals surface area contributed by atoms with Crippen LogP contribution in [-0.2, 0) is 9.53 Å². The van der Waals surface area contributed by atoms with Crippen LogP contribution in [-0.4, -0.2) is 52.4 Å². The first-order chi connectivity index (χ1) is 15.1. The fourth-order valence-corrected chi connectivity index (χ4v) is 3.65. The minimum atomic E-state index is -4.49. The molecule has 12 heteroatoms. The number of para-hydroxylation sites is 1. The van der Waals surface area contributed by atoms with Gasteiger partial charge in [0, 0.05) is 18.9 Å². The predicted molar refractivity (Wildman–Crippen MR) is 121 cm³/mol. The van der Waals surface area contributed by atoms with Crippen molar-refractivity contribution >= 4 is 46.5 Å². The molecule has 1 aromatic carbocycles. The molecule has 0 bridgehead atoms. The number of ether oxygens (including phenoxy) is 2. The predicted octanol–water partition coefficient (Wildman–Crippen LogP) is 5.64. The molecule has 1 aliphatic heterocycles. The van der Waals surface area contributed by atoms with Crippen LogP contribution in [0.25, 0.3) is 0 Å². The average Bonchev–Trinajstić information content (AvgIpc) is 2.65. The second-order valence-electron chi connectivity index (χ2n) is 8.28. The molecule has 33 heavy (non-hydrogen) atoms. The third-order valence-corrected chi connectivity index (χ3v) is 5.15. The van der Waals surface area contributed by atoms with E-state index in [1.807, 2.05) is 0 Å². The van der Waals surface area contributed by atoms with Crippen molar-refractivity contribution in [3.63, 3.8) is 0 Å². The SMILES string of the molecule is COc1c(Cl)cccc1NC(=S)C1=C(O)C(CCC(F)(F)F)CN(C(=O)OC(C)(C)C)C1=O. The van der Waals surface area contributed by atoms with Gasteiger partial charge >= 0.3 is 12.3 Å². The van der Waals surface area contributed by atoms with E-state index in [2.05, 4.69) is 5.32 Å². The molecule has 2 amide bonds. The smallest absolute Gasteiger partial charge is 0.417 e. The Kier molecular flexibility index (Phi) is 8.23. The van der Waals surface area contributed by atoms with Gasteiger partial charge in [0.1, 0.15) is 21.9 Å². The second kappa shape index (κ2) is 10.2. The van der Waals surface area contributed by atoms with Crippen LogP contribution in [0.2, 0.25) is 5.02 Å². The summed E-state index contributed by atoms with van der Waals surface area (Å²) in [5, 5.41) is 13.6. The number of aliphatic hydroxyl groups excluding tert-OH is 1. The van der Waals surface area contributed by atoms with Gasteiger partial charge in [-0.25, -0.2) is 9.69 Å². The number of methoxy groups -OCH3 is 1. The van der Waals surface area contributed by atoms with Crippen LogP contribution in [0, 0.1) is 5.92 Å². The highest BCUT2D eigenvalue weighted by atomic mass is 35.5. The molecule has 182 valence electrons. The fraction of sp³-hybridized carbons (Fsp3) is 0.476. The standard InChI is InChI=1S/C21H24ClF3N2O5S/c1-20(2,3)32-19(30)27-10-11(8-9-21(23,24)25)15(28)14(18(27)29)17(33)26-13-7-5-6-12(22)16(13)31-4/h5-7,11,28H,8-10H2,1-4H3,(H,26,33). The van der Waals surface area contributed by atoms with E-state index < -0.39 is 60.4 Å². The summed E-state index contributed by atoms with van der Waals surface area (Å²) < 4.78 is 48.9. The number of hydrogen-bond acceptors (Lipinski definition) is 6. The second-order valence-corrected chi connectivity index (χ2v) is 9.10. The number of nitrogens with zero attached hydrogens (tertiary/aromatic N) is 1. The molecule has 0 radical (unpaired) electrons. The van der Waals surface area contributed by atoms with E-state index in [-0.39, 0.29) is 21.4 Å². The van der Waals surface area contributed by atoms with Gasteiger partial charge in [-0.2, -0.15) is 13.2 Å². The molecule has 0 aromatic heterocycles. The van der Waals surface area contributed by atoms with Crippen molar-refractivity contribution in [3.05, 3.63) is 34.6 Å². The Balaban J connectivity index is 2.44. The van der Waals surface area contributed by atoms with Crippen molar-refractivity contribution in [2.75, 3.05) is 19.0 Å². The fourth-order valence-electron chi connectivity index (χ4n) is 3.09. The number of anilines is 1. The van der Waals surface area contributed by atoms with E-state index in [4.69, 9.17) is 33.3 Å². The summed E-state index contributed by atoms with van der Waals surface area (Å²) >= 11 is 11.3. The van der Waals surface area contributed by atoms with Gasteiger partial charge in [0.25, 0.3) is 5.91 Å². The van der Waals surface area contributed by atoms with Crippen LogP contribution < -0.4 is 10.1 Å². The van der Waals surface area contributed by atoms with E-state index in [0.717, 1.165) is 0 Å². The number of rotatable bonds is 5. The van der Waals surface area contributed by atoms with E-state index in [9.17, 15) is 27.9 Å². The quantitative estimate of drug-likeness (QED) is 0.498. The highest BCUT2D eigenvalue weighted by Crippen LogP contribution is 2.35. The van der Waals surface area contributed by atoms with Gasteiger partial charge in [-0.05, 0) is 39.3 Å². The molecule has 1 atom stereocenters. The molecule has 1 unspecified atom stereocenters. The van der Waals surface area contributed by atoms with E-state index in [0.29, 0.717) is 4.90 Å². The van der Waals surface area contributed by atoms with Gasteiger partial charge in [0.2, 0.25) is 0 Å². The molecule has 0 spiro atoms. The zero-order chi connectivity index (χ0) is 25.1. The molecule has 0 fully saturated rings. The largest absolute Gasteiger partial charge is 0.511 e. The Morgan fingerprint density at radius 3 is 2.52 bits per heavy atom. The zero-order valence-corrected chi connectivity index (χ0v) is 20.0. The monoisotopic (exact) mass is 508 g/mol. The van der Waals surface area contributed by atoms with Crippen molar-refractivity contribution in [1.29, 1.82) is 0 Å². The number of amides is 2. The summed E-state index contributed by atoms with van der Waals surface area (Å²) in [7, 11) is 1.36. The molecule has 1 heterocycles. The Labute approximate surface area is 199 Å². The van der Waals surface area contributed by atoms with Crippen molar-refractivity contribution in [3.8, 4) is 5.75 Å². The Bertz CT molecular complexity index is 976. The summed E-state index contributed by atoms with van der Waals surface area (Å²) in [4.78, 5) is 26.0. The van der Waals surface area contributed by atoms with Gasteiger partial charge in [0.05, 0.1) is 17.8 Å². The van der Waals surface area contributed by atoms with Crippen molar-refractivity contribution in [1.82, 2.24) is 4.90 Å². The first kappa shape index (κ1) is 26.7. The normalized spacial score (nSPS) is 17.2. The van der Waals surface area contributed by atoms with E-state index in [1.54, 1.807) is 32.9 Å². The lowest BCUT2D eigenvalue weighted by atomic mass is 9.92. The number of halogens is 4. The van der Waals surface area contributed by atoms with Crippen LogP contribution in [0.5, 0.6) is 5.75 Å². The molecule has 0 saturated heterocycles. The first-order valence-electron chi connectivity index (χ1n) is 9.83. The van der Waals surface area contributed by atoms with Crippen LogP contribution in [0.4, 0.5) is 23.7 Å². The highest BCUT2D eigenvalue weighted by molar-refractivity contribution is 7.81. The topological polar surface area (TPSA) is 88.1 Å². The summed E-state index contributed by atoms with van der Waals surface area (Å²) in [6, 6.07) is 4.66. The number of benzene rings is 1. The third kappa shape index (κ3) is 6.97. The van der Waals surface area contributed by atoms with Gasteiger partial charge in [-0.3, -0.25) is 4.79 Å². The molecule has 2 N–H and O–H groups in total. The van der Waals surface area contributed by atoms with Crippen LogP contribution >= 0.6 is 23.8 Å². The summed E-state index contributed by atoms with van der Waals surface area (Å²) in [6.07, 6.45) is -7.34. The number of thiocarbonyl (C=S) groups is 1. The Morgan fingerprint density at radius 2 is 1.97 bits per heavy atom. The molecular weight excluding hydrogens is 485 g/mol. The van der Waals surface area contributed by atoms with Gasteiger partial charge in [-0.15, -0.1) is 0 Å². The summed E-state index contributed by atoms with van der Waals surface area (Å²) in [5.41, 5.74) is -1.21. The van der Waals surface area contributed by atoms with Crippen LogP contribution in [0.1, 0.15) is 33.6 Å². The van der Waals surface area contributed by atoms with Crippen molar-refractivity contribution in [2.24, 2.45) is 5.92 Å². The highest BCUT2D eigenvalue weighted by Gasteiger charge is 2.42. The van der Waals surface area contributed by atoms with Crippen molar-refractivity contribution in [2.45, 2.75) is 45.4 Å². The maximum absolute atomic E-state index is 13.1. The molecule has 1 aliphatic rings. The summed E-state index contributed by atoms with van der Waals surface area (Å²) in [6.45, 7) is 4.24. The van der Waals surface area contributed by atoms with Gasteiger partial charge in [0.15, 0.2) is 5.75 Å². The molecule has 1 aromatic rings. The number of carbonyl (C=O) groups excluding carboxylic acids is 2. The van der Waals surface area contributed by atoms with Crippen LogP contribution in [0.3, 0.4) is 0 Å². The number of imide groups is 1. The Morgan fingerprint density at radius 1 is 1.33 bits per heavy atom. The molecule has 0 aliphatic carbocycles. The first-order valence-corrected chi connectivity index (χ1v) is 10.6. The minimum Gasteiger partial charge on any atom is -0.511 e. The number of aliphatic hydroxyl groups is 1. The van der Waals surface area contributed by atoms with E-state index in [1.165, 1.54) is 13.2 Å². The molecule has 7 nitrogen and oxygen atoms in total. The van der Waals surface area contributed by atoms with Crippen molar-refractivity contribution < 1.29 is 37.3 Å². The van der Waals surface area contributed by atoms with Gasteiger partial charge < -0.3 is 19.9 Å². The van der Waals surface area contributed by atoms with Crippen LogP contribution in [0.15, 0.2) is 29.5 Å². The minimum absolute atomic E-state index is 0.197. The maximum atomic E-state index is 13.1. The number of carbonyl (C=O) groups is 2. The molecule has 2 rings (SSSR count). The number of nitrogens with one attached hydrogen (secondary N) is 1. The molecular formula is C21H24ClF3N2O5S. The number of hydrogen-bond donors (Lipinski definition) is 2. The third-order valence-electron chi connectivity index (χ3n) is 4.54. The van der Waals surface area contributed by atoms with E-state index >= 15 is 0 Å².